The standard InChI is InChI=1S/C34H31N3O/c1-20-16-27(24-10-8-7-9-11-24)36-29(18-20)34(5,6)30-19-21(2)17-28(37-30)25-14-12-22(3)31-26-15-13-23(4)35-33(26)38-32(25)31/h7-19H,1-6H3. The van der Waals surface area contributed by atoms with Crippen LogP contribution in [0.3, 0.4) is 0 Å². The Hall–Kier alpha value is -4.31. The van der Waals surface area contributed by atoms with Gasteiger partial charge in [0.2, 0.25) is 5.71 Å². The number of aromatic nitrogens is 3. The van der Waals surface area contributed by atoms with E-state index in [-0.39, 0.29) is 0 Å². The fourth-order valence-corrected chi connectivity index (χ4v) is 5.22. The molecule has 4 heteroatoms. The number of fused-ring (bicyclic) bond motifs is 3. The van der Waals surface area contributed by atoms with E-state index in [1.54, 1.807) is 0 Å². The van der Waals surface area contributed by atoms with Crippen LogP contribution in [0.15, 0.2) is 83.3 Å². The molecule has 4 nitrogen and oxygen atoms in total. The summed E-state index contributed by atoms with van der Waals surface area (Å²) in [7, 11) is 0. The highest BCUT2D eigenvalue weighted by atomic mass is 16.3. The Balaban J connectivity index is 1.51. The van der Waals surface area contributed by atoms with Crippen molar-refractivity contribution in [3.05, 3.63) is 113 Å². The van der Waals surface area contributed by atoms with E-state index in [2.05, 4.69) is 106 Å². The van der Waals surface area contributed by atoms with Crippen molar-refractivity contribution < 1.29 is 4.42 Å². The normalized spacial score (nSPS) is 11.9. The molecule has 0 bridgehead atoms. The highest BCUT2D eigenvalue weighted by Gasteiger charge is 2.28. The van der Waals surface area contributed by atoms with Gasteiger partial charge in [0.05, 0.1) is 22.8 Å². The monoisotopic (exact) mass is 497 g/mol. The van der Waals surface area contributed by atoms with E-state index in [9.17, 15) is 0 Å². The number of aryl methyl sites for hydroxylation is 4. The molecule has 0 radical (unpaired) electrons. The Morgan fingerprint density at radius 1 is 0.658 bits per heavy atom. The number of rotatable bonds is 4. The minimum Gasteiger partial charge on any atom is -0.437 e. The molecule has 0 saturated carbocycles. The van der Waals surface area contributed by atoms with Crippen molar-refractivity contribution in [2.24, 2.45) is 0 Å². The van der Waals surface area contributed by atoms with Crippen LogP contribution in [-0.4, -0.2) is 15.0 Å². The van der Waals surface area contributed by atoms with Gasteiger partial charge < -0.3 is 4.42 Å². The van der Waals surface area contributed by atoms with Crippen LogP contribution in [0.4, 0.5) is 0 Å². The van der Waals surface area contributed by atoms with Crippen molar-refractivity contribution in [1.29, 1.82) is 0 Å². The van der Waals surface area contributed by atoms with Crippen LogP contribution in [-0.2, 0) is 5.41 Å². The molecule has 0 aliphatic carbocycles. The van der Waals surface area contributed by atoms with Crippen LogP contribution in [0, 0.1) is 27.7 Å². The summed E-state index contributed by atoms with van der Waals surface area (Å²) >= 11 is 0. The van der Waals surface area contributed by atoms with Crippen molar-refractivity contribution >= 4 is 22.1 Å². The smallest absolute Gasteiger partial charge is 0.227 e. The second kappa shape index (κ2) is 8.91. The molecule has 0 unspecified atom stereocenters. The predicted molar refractivity (Wildman–Crippen MR) is 155 cm³/mol. The molecule has 0 fully saturated rings. The molecular weight excluding hydrogens is 466 g/mol. The van der Waals surface area contributed by atoms with Crippen molar-refractivity contribution in [3.63, 3.8) is 0 Å². The maximum Gasteiger partial charge on any atom is 0.227 e. The van der Waals surface area contributed by atoms with E-state index in [4.69, 9.17) is 14.4 Å². The van der Waals surface area contributed by atoms with Gasteiger partial charge in [-0.2, -0.15) is 0 Å². The van der Waals surface area contributed by atoms with Gasteiger partial charge >= 0.3 is 0 Å². The summed E-state index contributed by atoms with van der Waals surface area (Å²) in [5, 5.41) is 2.14. The summed E-state index contributed by atoms with van der Waals surface area (Å²) in [4.78, 5) is 15.0. The van der Waals surface area contributed by atoms with E-state index in [1.165, 1.54) is 11.1 Å². The number of pyridine rings is 3. The third-order valence-corrected chi connectivity index (χ3v) is 7.40. The number of hydrogen-bond donors (Lipinski definition) is 0. The SMILES string of the molecule is Cc1cc(-c2ccccc2)nc(C(C)(C)c2cc(C)cc(-c3ccc(C)c4c3oc3nc(C)ccc34)n2)c1. The van der Waals surface area contributed by atoms with Gasteiger partial charge in [-0.1, -0.05) is 36.4 Å². The third-order valence-electron chi connectivity index (χ3n) is 7.40. The lowest BCUT2D eigenvalue weighted by Crippen LogP contribution is -2.23. The van der Waals surface area contributed by atoms with Crippen LogP contribution in [0.2, 0.25) is 0 Å². The maximum atomic E-state index is 6.37. The molecule has 0 aliphatic rings. The first-order valence-electron chi connectivity index (χ1n) is 13.0. The highest BCUT2D eigenvalue weighted by Crippen LogP contribution is 2.39. The molecule has 0 saturated heterocycles. The molecule has 2 aromatic carbocycles. The van der Waals surface area contributed by atoms with E-state index < -0.39 is 5.41 Å². The van der Waals surface area contributed by atoms with Crippen molar-refractivity contribution in [1.82, 2.24) is 15.0 Å². The fourth-order valence-electron chi connectivity index (χ4n) is 5.22. The molecule has 0 aliphatic heterocycles. The number of benzene rings is 2. The molecule has 38 heavy (non-hydrogen) atoms. The van der Waals surface area contributed by atoms with Crippen LogP contribution in [0.5, 0.6) is 0 Å². The van der Waals surface area contributed by atoms with Gasteiger partial charge in [-0.25, -0.2) is 4.98 Å². The predicted octanol–water partition coefficient (Wildman–Crippen LogP) is 8.66. The first kappa shape index (κ1) is 24.1. The van der Waals surface area contributed by atoms with E-state index in [0.29, 0.717) is 5.71 Å². The van der Waals surface area contributed by atoms with E-state index >= 15 is 0 Å². The molecule has 0 amide bonds. The zero-order valence-electron chi connectivity index (χ0n) is 22.8. The fraction of sp³-hybridized carbons (Fsp3) is 0.206. The van der Waals surface area contributed by atoms with Gasteiger partial charge in [0.25, 0.3) is 0 Å². The van der Waals surface area contributed by atoms with Gasteiger partial charge in [0.1, 0.15) is 5.58 Å². The maximum absolute atomic E-state index is 6.37. The van der Waals surface area contributed by atoms with E-state index in [0.717, 1.165) is 61.5 Å². The number of furan rings is 1. The lowest BCUT2D eigenvalue weighted by atomic mass is 9.83. The van der Waals surface area contributed by atoms with Gasteiger partial charge in [-0.15, -0.1) is 0 Å². The summed E-state index contributed by atoms with van der Waals surface area (Å²) in [6.07, 6.45) is 0. The molecule has 188 valence electrons. The van der Waals surface area contributed by atoms with Gasteiger partial charge in [-0.3, -0.25) is 9.97 Å². The summed E-state index contributed by atoms with van der Waals surface area (Å²) in [6.45, 7) is 12.8. The van der Waals surface area contributed by atoms with Crippen LogP contribution in [0.1, 0.15) is 47.6 Å². The molecular formula is C34H31N3O. The van der Waals surface area contributed by atoms with Crippen molar-refractivity contribution in [3.8, 4) is 22.5 Å². The van der Waals surface area contributed by atoms with Crippen LogP contribution >= 0.6 is 0 Å². The molecule has 0 N–H and O–H groups in total. The number of nitrogens with zero attached hydrogens (tertiary/aromatic N) is 3. The summed E-state index contributed by atoms with van der Waals surface area (Å²) in [5.74, 6) is 0. The second-order valence-electron chi connectivity index (χ2n) is 10.9. The average Bonchev–Trinajstić information content (AvgIpc) is 3.28. The lowest BCUT2D eigenvalue weighted by molar-refractivity contribution is 0.595. The molecule has 0 atom stereocenters. The Kier molecular flexibility index (Phi) is 5.64. The molecule has 6 aromatic rings. The topological polar surface area (TPSA) is 51.8 Å². The first-order chi connectivity index (χ1) is 18.2. The van der Waals surface area contributed by atoms with Crippen molar-refractivity contribution in [2.45, 2.75) is 47.0 Å². The molecule has 4 aromatic heterocycles. The molecule has 4 heterocycles. The lowest BCUT2D eigenvalue weighted by Gasteiger charge is -2.26. The van der Waals surface area contributed by atoms with Crippen LogP contribution in [0.25, 0.3) is 44.6 Å². The average molecular weight is 498 g/mol. The summed E-state index contributed by atoms with van der Waals surface area (Å²) in [5.41, 5.74) is 11.5. The van der Waals surface area contributed by atoms with E-state index in [1.807, 2.05) is 19.1 Å². The minimum atomic E-state index is -0.410. The zero-order valence-corrected chi connectivity index (χ0v) is 22.8. The van der Waals surface area contributed by atoms with Gasteiger partial charge in [0, 0.05) is 33.0 Å². The first-order valence-corrected chi connectivity index (χ1v) is 13.0. The second-order valence-corrected chi connectivity index (χ2v) is 10.9. The summed E-state index contributed by atoms with van der Waals surface area (Å²) < 4.78 is 6.37. The Morgan fingerprint density at radius 3 is 2.03 bits per heavy atom. The van der Waals surface area contributed by atoms with Crippen LogP contribution < -0.4 is 0 Å². The number of hydrogen-bond acceptors (Lipinski definition) is 4. The molecule has 6 rings (SSSR count). The Morgan fingerprint density at radius 2 is 1.32 bits per heavy atom. The van der Waals surface area contributed by atoms with Gasteiger partial charge in [-0.05, 0) is 101 Å². The zero-order chi connectivity index (χ0) is 26.6. The molecule has 0 spiro atoms. The Labute approximate surface area is 223 Å². The Bertz CT molecular complexity index is 1830. The van der Waals surface area contributed by atoms with Crippen molar-refractivity contribution in [2.75, 3.05) is 0 Å². The van der Waals surface area contributed by atoms with Gasteiger partial charge in [0.15, 0.2) is 0 Å². The largest absolute Gasteiger partial charge is 0.437 e. The third kappa shape index (κ3) is 4.06. The summed E-state index contributed by atoms with van der Waals surface area (Å²) in [6, 6.07) is 27.4. The minimum absolute atomic E-state index is 0.410. The highest BCUT2D eigenvalue weighted by molar-refractivity contribution is 6.10. The quantitative estimate of drug-likeness (QED) is 0.244.